The van der Waals surface area contributed by atoms with Crippen molar-refractivity contribution in [3.05, 3.63) is 58.4 Å². The lowest BCUT2D eigenvalue weighted by Crippen LogP contribution is -2.50. The minimum atomic E-state index is -1.12. The molecule has 4 rings (SSSR count). The zero-order chi connectivity index (χ0) is 20.0. The Morgan fingerprint density at radius 3 is 2.57 bits per heavy atom. The van der Waals surface area contributed by atoms with E-state index in [-0.39, 0.29) is 30.0 Å². The van der Waals surface area contributed by atoms with Crippen molar-refractivity contribution in [2.45, 2.75) is 25.2 Å². The molecule has 0 radical (unpaired) electrons. The number of imidazole rings is 1. The molecule has 1 fully saturated rings. The Morgan fingerprint density at radius 1 is 1.11 bits per heavy atom. The fraction of sp³-hybridized carbons (Fsp3) is 0.316. The molecule has 148 valence electrons. The standard InChI is InChI=1S/C19H17ClF4N4/c20-11-2-1-10(5-13(11)22)8-28-18-7-15(24)14(23)6-17(18)26-19(28)27-4-3-12(21)16(25)9-27/h1-2,5-7,12,16H,3-4,8-9,25H2/t12?,16-/m1/s1. The van der Waals surface area contributed by atoms with Gasteiger partial charge in [-0.3, -0.25) is 0 Å². The van der Waals surface area contributed by atoms with Crippen molar-refractivity contribution in [2.24, 2.45) is 5.73 Å². The van der Waals surface area contributed by atoms with Crippen LogP contribution in [0.3, 0.4) is 0 Å². The second-order valence-corrected chi connectivity index (χ2v) is 7.32. The van der Waals surface area contributed by atoms with Gasteiger partial charge < -0.3 is 15.2 Å². The van der Waals surface area contributed by atoms with Gasteiger partial charge in [-0.2, -0.15) is 0 Å². The molecule has 9 heteroatoms. The fourth-order valence-corrected chi connectivity index (χ4v) is 3.58. The maximum Gasteiger partial charge on any atom is 0.206 e. The number of rotatable bonds is 3. The predicted octanol–water partition coefficient (Wildman–Crippen LogP) is 4.03. The number of halogens is 5. The molecule has 2 aromatic carbocycles. The minimum absolute atomic E-state index is 0.0106. The molecule has 1 aliphatic heterocycles. The van der Waals surface area contributed by atoms with Gasteiger partial charge in [-0.05, 0) is 24.1 Å². The van der Waals surface area contributed by atoms with Gasteiger partial charge in [-0.1, -0.05) is 17.7 Å². The fourth-order valence-electron chi connectivity index (χ4n) is 3.46. The topological polar surface area (TPSA) is 47.1 Å². The largest absolute Gasteiger partial charge is 0.340 e. The molecule has 2 atom stereocenters. The number of aromatic nitrogens is 2. The summed E-state index contributed by atoms with van der Waals surface area (Å²) < 4.78 is 56.8. The summed E-state index contributed by atoms with van der Waals surface area (Å²) in [5, 5.41) is -0.0106. The van der Waals surface area contributed by atoms with Crippen LogP contribution >= 0.6 is 11.6 Å². The lowest BCUT2D eigenvalue weighted by atomic mass is 10.1. The number of hydrogen-bond acceptors (Lipinski definition) is 3. The van der Waals surface area contributed by atoms with Gasteiger partial charge in [0.05, 0.1) is 28.6 Å². The second-order valence-electron chi connectivity index (χ2n) is 6.92. The SMILES string of the molecule is N[C@@H]1CN(c2nc3cc(F)c(F)cc3n2Cc2ccc(Cl)c(F)c2)CCC1F. The van der Waals surface area contributed by atoms with E-state index in [4.69, 9.17) is 17.3 Å². The highest BCUT2D eigenvalue weighted by atomic mass is 35.5. The summed E-state index contributed by atoms with van der Waals surface area (Å²) in [7, 11) is 0. The van der Waals surface area contributed by atoms with Gasteiger partial charge in [-0.25, -0.2) is 22.5 Å². The number of piperidine rings is 1. The van der Waals surface area contributed by atoms with E-state index < -0.39 is 29.7 Å². The van der Waals surface area contributed by atoms with Crippen LogP contribution < -0.4 is 10.6 Å². The summed E-state index contributed by atoms with van der Waals surface area (Å²) in [5.41, 5.74) is 7.01. The van der Waals surface area contributed by atoms with E-state index in [1.165, 1.54) is 12.1 Å². The molecule has 0 saturated carbocycles. The Hall–Kier alpha value is -2.32. The first-order chi connectivity index (χ1) is 13.3. The van der Waals surface area contributed by atoms with E-state index in [0.29, 0.717) is 23.6 Å². The molecule has 1 saturated heterocycles. The quantitative estimate of drug-likeness (QED) is 0.661. The van der Waals surface area contributed by atoms with Crippen molar-refractivity contribution in [1.29, 1.82) is 0 Å². The van der Waals surface area contributed by atoms with Crippen LogP contribution in [0, 0.1) is 17.5 Å². The summed E-state index contributed by atoms with van der Waals surface area (Å²) in [6.45, 7) is 0.721. The van der Waals surface area contributed by atoms with Crippen LogP contribution in [-0.4, -0.2) is 34.9 Å². The summed E-state index contributed by atoms with van der Waals surface area (Å²) >= 11 is 5.74. The maximum absolute atomic E-state index is 13.9. The van der Waals surface area contributed by atoms with E-state index in [0.717, 1.165) is 12.1 Å². The van der Waals surface area contributed by atoms with Crippen LogP contribution in [0.5, 0.6) is 0 Å². The average Bonchev–Trinajstić information content (AvgIpc) is 2.98. The first kappa shape index (κ1) is 19.0. The third-order valence-corrected chi connectivity index (χ3v) is 5.25. The first-order valence-electron chi connectivity index (χ1n) is 8.77. The molecule has 2 heterocycles. The number of anilines is 1. The van der Waals surface area contributed by atoms with Crippen LogP contribution in [-0.2, 0) is 6.54 Å². The van der Waals surface area contributed by atoms with Crippen LogP contribution in [0.15, 0.2) is 30.3 Å². The first-order valence-corrected chi connectivity index (χ1v) is 9.15. The van der Waals surface area contributed by atoms with Crippen molar-refractivity contribution < 1.29 is 17.6 Å². The third-order valence-electron chi connectivity index (χ3n) is 4.95. The minimum Gasteiger partial charge on any atom is -0.340 e. The number of nitrogens with zero attached hydrogens (tertiary/aromatic N) is 3. The second kappa shape index (κ2) is 7.25. The molecule has 0 aliphatic carbocycles. The lowest BCUT2D eigenvalue weighted by Gasteiger charge is -2.34. The van der Waals surface area contributed by atoms with Gasteiger partial charge in [0.25, 0.3) is 0 Å². The molecular weight excluding hydrogens is 396 g/mol. The van der Waals surface area contributed by atoms with Crippen molar-refractivity contribution in [2.75, 3.05) is 18.0 Å². The van der Waals surface area contributed by atoms with Gasteiger partial charge in [0.2, 0.25) is 5.95 Å². The molecule has 2 N–H and O–H groups in total. The van der Waals surface area contributed by atoms with E-state index in [2.05, 4.69) is 4.98 Å². The number of benzene rings is 2. The average molecular weight is 413 g/mol. The molecule has 0 amide bonds. The van der Waals surface area contributed by atoms with Crippen LogP contribution in [0.4, 0.5) is 23.5 Å². The third kappa shape index (κ3) is 3.42. The maximum atomic E-state index is 13.9. The van der Waals surface area contributed by atoms with Crippen LogP contribution in [0.2, 0.25) is 5.02 Å². The summed E-state index contributed by atoms with van der Waals surface area (Å²) in [4.78, 5) is 6.20. The highest BCUT2D eigenvalue weighted by Crippen LogP contribution is 2.29. The van der Waals surface area contributed by atoms with Crippen molar-refractivity contribution in [1.82, 2.24) is 9.55 Å². The van der Waals surface area contributed by atoms with Gasteiger partial charge in [0.15, 0.2) is 11.6 Å². The molecule has 0 bridgehead atoms. The number of alkyl halides is 1. The van der Waals surface area contributed by atoms with Crippen molar-refractivity contribution in [3.63, 3.8) is 0 Å². The number of hydrogen-bond donors (Lipinski definition) is 1. The van der Waals surface area contributed by atoms with E-state index in [1.54, 1.807) is 15.5 Å². The smallest absolute Gasteiger partial charge is 0.206 e. The zero-order valence-electron chi connectivity index (χ0n) is 14.7. The molecule has 1 unspecified atom stereocenters. The van der Waals surface area contributed by atoms with E-state index in [1.807, 2.05) is 0 Å². The van der Waals surface area contributed by atoms with Crippen LogP contribution in [0.25, 0.3) is 11.0 Å². The van der Waals surface area contributed by atoms with Gasteiger partial charge in [0.1, 0.15) is 12.0 Å². The summed E-state index contributed by atoms with van der Waals surface area (Å²) in [6.07, 6.45) is -0.891. The van der Waals surface area contributed by atoms with Gasteiger partial charge in [0, 0.05) is 25.2 Å². The van der Waals surface area contributed by atoms with Crippen LogP contribution in [0.1, 0.15) is 12.0 Å². The molecule has 0 spiro atoms. The van der Waals surface area contributed by atoms with Gasteiger partial charge in [-0.15, -0.1) is 0 Å². The predicted molar refractivity (Wildman–Crippen MR) is 99.9 cm³/mol. The van der Waals surface area contributed by atoms with E-state index >= 15 is 0 Å². The number of nitrogens with two attached hydrogens (primary N) is 1. The molecular formula is C19H17ClF4N4. The Kier molecular flexibility index (Phi) is 4.93. The normalized spacial score (nSPS) is 20.1. The molecule has 1 aliphatic rings. The van der Waals surface area contributed by atoms with Crippen molar-refractivity contribution in [3.8, 4) is 0 Å². The highest BCUT2D eigenvalue weighted by molar-refractivity contribution is 6.30. The van der Waals surface area contributed by atoms with E-state index in [9.17, 15) is 17.6 Å². The summed E-state index contributed by atoms with van der Waals surface area (Å²) in [5.74, 6) is -2.21. The zero-order valence-corrected chi connectivity index (χ0v) is 15.4. The Balaban J connectivity index is 1.81. The summed E-state index contributed by atoms with van der Waals surface area (Å²) in [6, 6.07) is 5.71. The Labute approximate surface area is 163 Å². The van der Waals surface area contributed by atoms with Gasteiger partial charge >= 0.3 is 0 Å². The molecule has 3 aromatic rings. The van der Waals surface area contributed by atoms with Crippen molar-refractivity contribution >= 4 is 28.6 Å². The Bertz CT molecular complexity index is 1040. The molecule has 4 nitrogen and oxygen atoms in total. The lowest BCUT2D eigenvalue weighted by molar-refractivity contribution is 0.243. The molecule has 28 heavy (non-hydrogen) atoms. The highest BCUT2D eigenvalue weighted by Gasteiger charge is 2.29. The molecule has 1 aromatic heterocycles. The number of fused-ring (bicyclic) bond motifs is 1. The monoisotopic (exact) mass is 412 g/mol. The Morgan fingerprint density at radius 2 is 1.86 bits per heavy atom.